The van der Waals surface area contributed by atoms with Gasteiger partial charge in [0, 0.05) is 23.0 Å². The average Bonchev–Trinajstić information content (AvgIpc) is 3.13. The highest BCUT2D eigenvalue weighted by Crippen LogP contribution is 2.26. The van der Waals surface area contributed by atoms with Gasteiger partial charge in [-0.05, 0) is 36.4 Å². The molecule has 4 aromatic rings. The molecule has 7 heteroatoms. The third kappa shape index (κ3) is 3.30. The summed E-state index contributed by atoms with van der Waals surface area (Å²) in [5.74, 6) is 1.76. The van der Waals surface area contributed by atoms with Gasteiger partial charge in [0.1, 0.15) is 5.82 Å². The van der Waals surface area contributed by atoms with E-state index >= 15 is 0 Å². The first-order valence-corrected chi connectivity index (χ1v) is 7.63. The zero-order valence-corrected chi connectivity index (χ0v) is 13.1. The van der Waals surface area contributed by atoms with Crippen molar-refractivity contribution in [3.8, 4) is 22.9 Å². The van der Waals surface area contributed by atoms with Crippen LogP contribution in [0.15, 0.2) is 71.3 Å². The molecule has 0 fully saturated rings. The lowest BCUT2D eigenvalue weighted by Crippen LogP contribution is -1.99. The Bertz CT molecular complexity index is 999. The third-order valence-electron chi connectivity index (χ3n) is 3.50. The summed E-state index contributed by atoms with van der Waals surface area (Å²) in [4.78, 5) is 7.99. The summed E-state index contributed by atoms with van der Waals surface area (Å²) in [6.45, 7) is 0. The first kappa shape index (κ1) is 14.8. The van der Waals surface area contributed by atoms with Gasteiger partial charge >= 0.3 is 0 Å². The number of nitrogen functional groups attached to an aromatic ring is 1. The number of anilines is 3. The number of nitrogens with zero attached hydrogens (tertiary/aromatic N) is 4. The van der Waals surface area contributed by atoms with Gasteiger partial charge in [0.2, 0.25) is 17.7 Å². The Balaban J connectivity index is 1.60. The molecule has 0 radical (unpaired) electrons. The fourth-order valence-electron chi connectivity index (χ4n) is 2.36. The molecular formula is C18H14N6O. The lowest BCUT2D eigenvalue weighted by atomic mass is 10.2. The summed E-state index contributed by atoms with van der Waals surface area (Å²) in [5, 5.41) is 11.4. The first-order chi connectivity index (χ1) is 12.3. The van der Waals surface area contributed by atoms with Gasteiger partial charge in [-0.1, -0.05) is 24.3 Å². The number of benzene rings is 2. The third-order valence-corrected chi connectivity index (χ3v) is 3.50. The molecule has 0 bridgehead atoms. The van der Waals surface area contributed by atoms with Crippen molar-refractivity contribution >= 4 is 17.5 Å². The van der Waals surface area contributed by atoms with E-state index in [-0.39, 0.29) is 5.95 Å². The normalized spacial score (nSPS) is 10.6. The first-order valence-electron chi connectivity index (χ1n) is 7.63. The predicted octanol–water partition coefficient (Wildman–Crippen LogP) is 3.52. The highest BCUT2D eigenvalue weighted by Gasteiger charge is 2.10. The number of nitrogens with two attached hydrogens (primary N) is 1. The lowest BCUT2D eigenvalue weighted by molar-refractivity contribution is 0.584. The van der Waals surface area contributed by atoms with Crippen molar-refractivity contribution < 1.29 is 4.42 Å². The van der Waals surface area contributed by atoms with E-state index in [0.717, 1.165) is 16.8 Å². The van der Waals surface area contributed by atoms with E-state index in [4.69, 9.17) is 10.2 Å². The van der Waals surface area contributed by atoms with Gasteiger partial charge in [-0.15, -0.1) is 10.2 Å². The van der Waals surface area contributed by atoms with E-state index < -0.39 is 0 Å². The minimum Gasteiger partial charge on any atom is -0.416 e. The second-order valence-electron chi connectivity index (χ2n) is 5.28. The smallest absolute Gasteiger partial charge is 0.248 e. The molecule has 3 N–H and O–H groups in total. The second kappa shape index (κ2) is 6.40. The van der Waals surface area contributed by atoms with Crippen LogP contribution in [0.3, 0.4) is 0 Å². The van der Waals surface area contributed by atoms with E-state index in [1.807, 2.05) is 54.6 Å². The molecule has 0 saturated heterocycles. The van der Waals surface area contributed by atoms with Gasteiger partial charge in [0.25, 0.3) is 0 Å². The largest absolute Gasteiger partial charge is 0.416 e. The van der Waals surface area contributed by atoms with Crippen LogP contribution >= 0.6 is 0 Å². The van der Waals surface area contributed by atoms with Gasteiger partial charge in [-0.25, -0.2) is 4.98 Å². The molecule has 2 aromatic carbocycles. The summed E-state index contributed by atoms with van der Waals surface area (Å²) in [6.07, 6.45) is 1.60. The zero-order chi connectivity index (χ0) is 17.1. The minimum atomic E-state index is 0.213. The average molecular weight is 330 g/mol. The number of rotatable bonds is 4. The summed E-state index contributed by atoms with van der Waals surface area (Å²) in [6, 6.07) is 19.0. The Hall–Kier alpha value is -3.74. The van der Waals surface area contributed by atoms with Gasteiger partial charge < -0.3 is 15.5 Å². The Morgan fingerprint density at radius 1 is 0.840 bits per heavy atom. The van der Waals surface area contributed by atoms with Crippen molar-refractivity contribution in [3.05, 3.63) is 66.9 Å². The van der Waals surface area contributed by atoms with E-state index in [1.54, 1.807) is 12.3 Å². The van der Waals surface area contributed by atoms with Crippen LogP contribution in [-0.4, -0.2) is 20.2 Å². The van der Waals surface area contributed by atoms with Crippen molar-refractivity contribution in [1.29, 1.82) is 0 Å². The van der Waals surface area contributed by atoms with Crippen LogP contribution in [0.1, 0.15) is 0 Å². The highest BCUT2D eigenvalue weighted by atomic mass is 16.4. The van der Waals surface area contributed by atoms with Crippen molar-refractivity contribution in [2.75, 3.05) is 11.1 Å². The van der Waals surface area contributed by atoms with Crippen LogP contribution < -0.4 is 11.1 Å². The standard InChI is InChI=1S/C18H14N6O/c19-18-20-10-9-15(22-18)21-14-8-4-7-13(11-14)17-24-23-16(25-17)12-5-2-1-3-6-12/h1-11H,(H3,19,20,21,22). The molecule has 4 rings (SSSR count). The topological polar surface area (TPSA) is 103 Å². The van der Waals surface area contributed by atoms with Gasteiger partial charge in [-0.2, -0.15) is 4.98 Å². The van der Waals surface area contributed by atoms with Crippen molar-refractivity contribution in [3.63, 3.8) is 0 Å². The lowest BCUT2D eigenvalue weighted by Gasteiger charge is -2.06. The van der Waals surface area contributed by atoms with Gasteiger partial charge in [0.05, 0.1) is 0 Å². The zero-order valence-electron chi connectivity index (χ0n) is 13.1. The molecule has 0 unspecified atom stereocenters. The molecule has 0 aliphatic rings. The number of hydrogen-bond donors (Lipinski definition) is 2. The molecule has 0 amide bonds. The highest BCUT2D eigenvalue weighted by molar-refractivity contribution is 5.66. The van der Waals surface area contributed by atoms with Crippen LogP contribution in [0.4, 0.5) is 17.5 Å². The van der Waals surface area contributed by atoms with Crippen LogP contribution in [0.5, 0.6) is 0 Å². The monoisotopic (exact) mass is 330 g/mol. The van der Waals surface area contributed by atoms with Crippen LogP contribution in [0.2, 0.25) is 0 Å². The summed E-state index contributed by atoms with van der Waals surface area (Å²) in [7, 11) is 0. The molecule has 7 nitrogen and oxygen atoms in total. The van der Waals surface area contributed by atoms with Crippen molar-refractivity contribution in [2.45, 2.75) is 0 Å². The molecule has 25 heavy (non-hydrogen) atoms. The molecule has 0 spiro atoms. The Kier molecular flexibility index (Phi) is 3.80. The number of aromatic nitrogens is 4. The molecule has 2 aromatic heterocycles. The second-order valence-corrected chi connectivity index (χ2v) is 5.28. The van der Waals surface area contributed by atoms with E-state index in [2.05, 4.69) is 25.5 Å². The maximum atomic E-state index is 5.78. The van der Waals surface area contributed by atoms with Crippen LogP contribution in [0.25, 0.3) is 22.9 Å². The van der Waals surface area contributed by atoms with E-state index in [0.29, 0.717) is 17.6 Å². The molecule has 0 saturated carbocycles. The van der Waals surface area contributed by atoms with Gasteiger partial charge in [0.15, 0.2) is 0 Å². The molecule has 0 atom stereocenters. The number of hydrogen-bond acceptors (Lipinski definition) is 7. The maximum absolute atomic E-state index is 5.78. The van der Waals surface area contributed by atoms with Gasteiger partial charge in [-0.3, -0.25) is 0 Å². The molecule has 122 valence electrons. The Morgan fingerprint density at radius 3 is 2.40 bits per heavy atom. The maximum Gasteiger partial charge on any atom is 0.248 e. The molecule has 0 aliphatic carbocycles. The van der Waals surface area contributed by atoms with Crippen molar-refractivity contribution in [1.82, 2.24) is 20.2 Å². The molecule has 0 aliphatic heterocycles. The summed E-state index contributed by atoms with van der Waals surface area (Å²) in [5.41, 5.74) is 8.11. The van der Waals surface area contributed by atoms with Crippen LogP contribution in [0, 0.1) is 0 Å². The Morgan fingerprint density at radius 2 is 1.60 bits per heavy atom. The Labute approximate surface area is 143 Å². The number of nitrogens with one attached hydrogen (secondary N) is 1. The summed E-state index contributed by atoms with van der Waals surface area (Å²) < 4.78 is 5.78. The minimum absolute atomic E-state index is 0.213. The fourth-order valence-corrected chi connectivity index (χ4v) is 2.36. The SMILES string of the molecule is Nc1nccc(Nc2cccc(-c3nnc(-c4ccccc4)o3)c2)n1. The predicted molar refractivity (Wildman–Crippen MR) is 94.9 cm³/mol. The van der Waals surface area contributed by atoms with E-state index in [1.165, 1.54) is 0 Å². The van der Waals surface area contributed by atoms with Crippen molar-refractivity contribution in [2.24, 2.45) is 0 Å². The summed E-state index contributed by atoms with van der Waals surface area (Å²) >= 11 is 0. The molecule has 2 heterocycles. The quantitative estimate of drug-likeness (QED) is 0.590. The molecular weight excluding hydrogens is 316 g/mol. The fraction of sp³-hybridized carbons (Fsp3) is 0. The van der Waals surface area contributed by atoms with E-state index in [9.17, 15) is 0 Å². The van der Waals surface area contributed by atoms with Crippen LogP contribution in [-0.2, 0) is 0 Å².